The van der Waals surface area contributed by atoms with Crippen LogP contribution >= 0.6 is 0 Å². The highest BCUT2D eigenvalue weighted by atomic mass is 16.5. The Morgan fingerprint density at radius 3 is 2.69 bits per heavy atom. The normalized spacial score (nSPS) is 10.2. The van der Waals surface area contributed by atoms with Crippen LogP contribution in [-0.2, 0) is 6.61 Å². The summed E-state index contributed by atoms with van der Waals surface area (Å²) < 4.78 is 16.1. The molecule has 3 aromatic rings. The number of ether oxygens (including phenoxy) is 3. The van der Waals surface area contributed by atoms with Gasteiger partial charge in [0.05, 0.1) is 31.7 Å². The summed E-state index contributed by atoms with van der Waals surface area (Å²) in [5, 5.41) is 0. The van der Waals surface area contributed by atoms with Crippen LogP contribution in [0.15, 0.2) is 54.9 Å². The molecule has 0 aliphatic heterocycles. The maximum absolute atomic E-state index is 11.3. The van der Waals surface area contributed by atoms with E-state index in [-0.39, 0.29) is 6.61 Å². The summed E-state index contributed by atoms with van der Waals surface area (Å²) in [6, 6.07) is 13.0. The van der Waals surface area contributed by atoms with Crippen molar-refractivity contribution in [2.45, 2.75) is 6.61 Å². The monoisotopic (exact) mass is 350 g/mol. The summed E-state index contributed by atoms with van der Waals surface area (Å²) in [5.74, 6) is 1.50. The molecule has 6 nitrogen and oxygen atoms in total. The Balaban J connectivity index is 1.86. The van der Waals surface area contributed by atoms with Gasteiger partial charge in [-0.15, -0.1) is 0 Å². The topological polar surface area (TPSA) is 70.5 Å². The van der Waals surface area contributed by atoms with Crippen LogP contribution in [0.3, 0.4) is 0 Å². The van der Waals surface area contributed by atoms with E-state index in [0.29, 0.717) is 23.5 Å². The average Bonchev–Trinajstić information content (AvgIpc) is 2.72. The molecule has 0 saturated heterocycles. The predicted molar refractivity (Wildman–Crippen MR) is 96.7 cm³/mol. The minimum absolute atomic E-state index is 0.245. The fourth-order valence-corrected chi connectivity index (χ4v) is 2.50. The van der Waals surface area contributed by atoms with E-state index in [1.807, 2.05) is 36.4 Å². The first-order valence-corrected chi connectivity index (χ1v) is 7.95. The van der Waals surface area contributed by atoms with Crippen molar-refractivity contribution in [2.24, 2.45) is 0 Å². The van der Waals surface area contributed by atoms with E-state index >= 15 is 0 Å². The van der Waals surface area contributed by atoms with Gasteiger partial charge in [-0.25, -0.2) is 4.98 Å². The molecule has 0 saturated carbocycles. The molecule has 0 N–H and O–H groups in total. The third-order valence-electron chi connectivity index (χ3n) is 3.83. The third kappa shape index (κ3) is 3.80. The Labute approximate surface area is 151 Å². The summed E-state index contributed by atoms with van der Waals surface area (Å²) in [6.07, 6.45) is 3.92. The zero-order valence-corrected chi connectivity index (χ0v) is 14.5. The van der Waals surface area contributed by atoms with Crippen LogP contribution in [0, 0.1) is 0 Å². The fraction of sp³-hybridized carbons (Fsp3) is 0.150. The van der Waals surface area contributed by atoms with Crippen LogP contribution in [0.25, 0.3) is 11.3 Å². The van der Waals surface area contributed by atoms with Gasteiger partial charge in [-0.3, -0.25) is 9.78 Å². The van der Waals surface area contributed by atoms with Gasteiger partial charge < -0.3 is 14.2 Å². The van der Waals surface area contributed by atoms with Gasteiger partial charge >= 0.3 is 0 Å². The zero-order chi connectivity index (χ0) is 18.4. The number of benzene rings is 1. The summed E-state index contributed by atoms with van der Waals surface area (Å²) in [4.78, 5) is 19.8. The molecule has 0 amide bonds. The van der Waals surface area contributed by atoms with Gasteiger partial charge in [-0.05, 0) is 18.2 Å². The van der Waals surface area contributed by atoms with Crippen LogP contribution in [0.4, 0.5) is 0 Å². The van der Waals surface area contributed by atoms with Crippen molar-refractivity contribution in [2.75, 3.05) is 14.2 Å². The number of aromatic nitrogens is 2. The SMILES string of the molecule is COc1cccc(-c2ncccc2COc2cnc(OC)cc2C=O)c1. The highest BCUT2D eigenvalue weighted by molar-refractivity contribution is 5.79. The molecule has 2 aromatic heterocycles. The Morgan fingerprint density at radius 2 is 1.92 bits per heavy atom. The number of pyridine rings is 2. The predicted octanol–water partition coefficient (Wildman–Crippen LogP) is 3.55. The molecule has 0 aliphatic rings. The molecule has 3 rings (SSSR count). The fourth-order valence-electron chi connectivity index (χ4n) is 2.50. The number of rotatable bonds is 7. The second-order valence-corrected chi connectivity index (χ2v) is 5.41. The minimum atomic E-state index is 0.245. The molecular formula is C20H18N2O4. The van der Waals surface area contributed by atoms with Gasteiger partial charge in [0, 0.05) is 23.4 Å². The van der Waals surface area contributed by atoms with Gasteiger partial charge in [0.15, 0.2) is 6.29 Å². The summed E-state index contributed by atoms with van der Waals surface area (Å²) in [7, 11) is 3.12. The molecule has 132 valence electrons. The molecule has 0 radical (unpaired) electrons. The first-order chi connectivity index (χ1) is 12.7. The van der Waals surface area contributed by atoms with E-state index in [2.05, 4.69) is 9.97 Å². The summed E-state index contributed by atoms with van der Waals surface area (Å²) in [6.45, 7) is 0.245. The van der Waals surface area contributed by atoms with E-state index in [1.54, 1.807) is 13.3 Å². The van der Waals surface area contributed by atoms with E-state index in [4.69, 9.17) is 14.2 Å². The molecular weight excluding hydrogens is 332 g/mol. The number of aldehydes is 1. The lowest BCUT2D eigenvalue weighted by molar-refractivity contribution is 0.111. The maximum atomic E-state index is 11.3. The quantitative estimate of drug-likeness (QED) is 0.607. The van der Waals surface area contributed by atoms with E-state index in [9.17, 15) is 4.79 Å². The number of hydrogen-bond donors (Lipinski definition) is 0. The molecule has 0 bridgehead atoms. The van der Waals surface area contributed by atoms with Crippen molar-refractivity contribution in [1.82, 2.24) is 9.97 Å². The van der Waals surface area contributed by atoms with Crippen molar-refractivity contribution in [3.8, 4) is 28.6 Å². The molecule has 26 heavy (non-hydrogen) atoms. The molecule has 2 heterocycles. The zero-order valence-electron chi connectivity index (χ0n) is 14.5. The van der Waals surface area contributed by atoms with Crippen molar-refractivity contribution in [3.05, 3.63) is 66.0 Å². The smallest absolute Gasteiger partial charge is 0.213 e. The highest BCUT2D eigenvalue weighted by Gasteiger charge is 2.11. The van der Waals surface area contributed by atoms with Crippen molar-refractivity contribution in [1.29, 1.82) is 0 Å². The van der Waals surface area contributed by atoms with E-state index < -0.39 is 0 Å². The Hall–Kier alpha value is -3.41. The summed E-state index contributed by atoms with van der Waals surface area (Å²) in [5.41, 5.74) is 2.98. The maximum Gasteiger partial charge on any atom is 0.213 e. The number of nitrogens with zero attached hydrogens (tertiary/aromatic N) is 2. The number of carbonyl (C=O) groups excluding carboxylic acids is 1. The number of hydrogen-bond acceptors (Lipinski definition) is 6. The molecule has 0 spiro atoms. The van der Waals surface area contributed by atoms with E-state index in [1.165, 1.54) is 19.4 Å². The second-order valence-electron chi connectivity index (χ2n) is 5.41. The van der Waals surface area contributed by atoms with Crippen LogP contribution in [0.5, 0.6) is 17.4 Å². The Morgan fingerprint density at radius 1 is 1.04 bits per heavy atom. The van der Waals surface area contributed by atoms with Crippen LogP contribution in [0.2, 0.25) is 0 Å². The number of methoxy groups -OCH3 is 2. The lowest BCUT2D eigenvalue weighted by atomic mass is 10.1. The Kier molecular flexibility index (Phi) is 5.43. The first kappa shape index (κ1) is 17.4. The van der Waals surface area contributed by atoms with Gasteiger partial charge in [0.2, 0.25) is 5.88 Å². The third-order valence-corrected chi connectivity index (χ3v) is 3.83. The van der Waals surface area contributed by atoms with Gasteiger partial charge in [-0.1, -0.05) is 18.2 Å². The van der Waals surface area contributed by atoms with Gasteiger partial charge in [0.1, 0.15) is 18.1 Å². The van der Waals surface area contributed by atoms with Crippen LogP contribution in [-0.4, -0.2) is 30.5 Å². The molecule has 0 atom stereocenters. The van der Waals surface area contributed by atoms with Crippen LogP contribution < -0.4 is 14.2 Å². The molecule has 0 unspecified atom stereocenters. The summed E-state index contributed by atoms with van der Waals surface area (Å²) >= 11 is 0. The first-order valence-electron chi connectivity index (χ1n) is 7.95. The standard InChI is InChI=1S/C20H18N2O4/c1-24-17-7-3-5-14(9-17)20-15(6-4-8-21-20)13-26-18-11-22-19(25-2)10-16(18)12-23/h3-12H,13H2,1-2H3. The van der Waals surface area contributed by atoms with Crippen molar-refractivity contribution < 1.29 is 19.0 Å². The van der Waals surface area contributed by atoms with E-state index in [0.717, 1.165) is 22.6 Å². The highest BCUT2D eigenvalue weighted by Crippen LogP contribution is 2.27. The second kappa shape index (κ2) is 8.11. The average molecular weight is 350 g/mol. The van der Waals surface area contributed by atoms with Crippen molar-refractivity contribution in [3.63, 3.8) is 0 Å². The van der Waals surface area contributed by atoms with Crippen molar-refractivity contribution >= 4 is 6.29 Å². The molecule has 6 heteroatoms. The molecule has 0 fully saturated rings. The Bertz CT molecular complexity index is 912. The largest absolute Gasteiger partial charge is 0.497 e. The molecule has 0 aliphatic carbocycles. The minimum Gasteiger partial charge on any atom is -0.497 e. The number of carbonyl (C=O) groups is 1. The van der Waals surface area contributed by atoms with Crippen LogP contribution in [0.1, 0.15) is 15.9 Å². The van der Waals surface area contributed by atoms with Gasteiger partial charge in [0.25, 0.3) is 0 Å². The lowest BCUT2D eigenvalue weighted by Gasteiger charge is -2.12. The lowest BCUT2D eigenvalue weighted by Crippen LogP contribution is -2.02. The van der Waals surface area contributed by atoms with Gasteiger partial charge in [-0.2, -0.15) is 0 Å². The molecule has 1 aromatic carbocycles.